The molecule has 3 aromatic rings. The van der Waals surface area contributed by atoms with E-state index in [-0.39, 0.29) is 18.9 Å². The van der Waals surface area contributed by atoms with Crippen molar-refractivity contribution >= 4 is 51.0 Å². The van der Waals surface area contributed by atoms with Gasteiger partial charge in [0.15, 0.2) is 10.7 Å². The molecule has 0 aliphatic carbocycles. The van der Waals surface area contributed by atoms with Crippen LogP contribution in [0.2, 0.25) is 5.02 Å². The van der Waals surface area contributed by atoms with Crippen LogP contribution >= 0.6 is 22.9 Å². The maximum atomic E-state index is 12.2. The lowest BCUT2D eigenvalue weighted by Crippen LogP contribution is -2.24. The first-order valence-corrected chi connectivity index (χ1v) is 8.90. The summed E-state index contributed by atoms with van der Waals surface area (Å²) in [6, 6.07) is 4.72. The predicted octanol–water partition coefficient (Wildman–Crippen LogP) is 2.45. The third-order valence-electron chi connectivity index (χ3n) is 3.36. The minimum Gasteiger partial charge on any atom is -0.466 e. The number of aromatic nitrogens is 2. The molecular weight excluding hydrogens is 382 g/mol. The number of esters is 1. The lowest BCUT2D eigenvalue weighted by molar-refractivity contribution is -0.142. The lowest BCUT2D eigenvalue weighted by Gasteiger charge is -2.03. The minimum absolute atomic E-state index is 0.0345. The number of nitrogens with one attached hydrogen (secondary N) is 1. The van der Waals surface area contributed by atoms with Crippen LogP contribution in [-0.2, 0) is 27.3 Å². The van der Waals surface area contributed by atoms with Crippen LogP contribution in [0.4, 0.5) is 5.13 Å². The third-order valence-corrected chi connectivity index (χ3v) is 4.40. The van der Waals surface area contributed by atoms with E-state index in [2.05, 4.69) is 10.3 Å². The molecule has 0 saturated heterocycles. The number of rotatable bonds is 6. The van der Waals surface area contributed by atoms with Crippen molar-refractivity contribution in [1.82, 2.24) is 9.55 Å². The maximum Gasteiger partial charge on any atom is 0.420 e. The van der Waals surface area contributed by atoms with Gasteiger partial charge in [-0.2, -0.15) is 0 Å². The van der Waals surface area contributed by atoms with Gasteiger partial charge in [-0.1, -0.05) is 11.6 Å². The van der Waals surface area contributed by atoms with E-state index in [0.29, 0.717) is 33.6 Å². The second kappa shape index (κ2) is 7.71. The number of hydrogen-bond acceptors (Lipinski definition) is 7. The number of ether oxygens (including phenoxy) is 1. The van der Waals surface area contributed by atoms with Crippen LogP contribution in [0.1, 0.15) is 12.6 Å². The number of oxazole rings is 1. The van der Waals surface area contributed by atoms with Gasteiger partial charge in [-0.25, -0.2) is 9.78 Å². The first-order valence-electron chi connectivity index (χ1n) is 7.65. The van der Waals surface area contributed by atoms with E-state index in [9.17, 15) is 14.4 Å². The van der Waals surface area contributed by atoms with Crippen LogP contribution in [0, 0.1) is 0 Å². The number of amides is 1. The van der Waals surface area contributed by atoms with E-state index in [4.69, 9.17) is 20.8 Å². The van der Waals surface area contributed by atoms with Gasteiger partial charge >= 0.3 is 11.7 Å². The Morgan fingerprint density at radius 2 is 2.23 bits per heavy atom. The molecule has 1 N–H and O–H groups in total. The summed E-state index contributed by atoms with van der Waals surface area (Å²) in [5.74, 6) is -1.48. The number of hydrogen-bond donors (Lipinski definition) is 1. The highest BCUT2D eigenvalue weighted by Gasteiger charge is 2.15. The summed E-state index contributed by atoms with van der Waals surface area (Å²) in [6.45, 7) is 1.78. The van der Waals surface area contributed by atoms with Crippen LogP contribution in [-0.4, -0.2) is 28.0 Å². The third kappa shape index (κ3) is 4.12. The fourth-order valence-corrected chi connectivity index (χ4v) is 3.19. The average molecular weight is 396 g/mol. The van der Waals surface area contributed by atoms with Crippen molar-refractivity contribution in [3.05, 3.63) is 44.8 Å². The molecule has 1 aromatic carbocycles. The SMILES string of the molecule is CCOC(=O)Cc1csc(NC(=O)Cn2c(=O)oc3cc(Cl)ccc32)n1. The zero-order valence-corrected chi connectivity index (χ0v) is 15.2. The Hall–Kier alpha value is -2.65. The molecule has 0 aliphatic heterocycles. The quantitative estimate of drug-likeness (QED) is 0.643. The molecule has 3 rings (SSSR count). The largest absolute Gasteiger partial charge is 0.466 e. The number of halogens is 1. The Morgan fingerprint density at radius 1 is 1.42 bits per heavy atom. The van der Waals surface area contributed by atoms with Gasteiger partial charge in [0.05, 0.1) is 24.2 Å². The highest BCUT2D eigenvalue weighted by atomic mass is 35.5. The summed E-state index contributed by atoms with van der Waals surface area (Å²) in [5.41, 5.74) is 1.28. The summed E-state index contributed by atoms with van der Waals surface area (Å²) in [4.78, 5) is 39.7. The van der Waals surface area contributed by atoms with E-state index in [1.807, 2.05) is 0 Å². The minimum atomic E-state index is -0.653. The van der Waals surface area contributed by atoms with E-state index >= 15 is 0 Å². The van der Waals surface area contributed by atoms with Crippen molar-refractivity contribution in [2.75, 3.05) is 11.9 Å². The van der Waals surface area contributed by atoms with Crippen molar-refractivity contribution in [1.29, 1.82) is 0 Å². The summed E-state index contributed by atoms with van der Waals surface area (Å²) in [6.07, 6.45) is 0.0345. The van der Waals surface area contributed by atoms with Crippen molar-refractivity contribution in [2.24, 2.45) is 0 Å². The van der Waals surface area contributed by atoms with Gasteiger partial charge in [0, 0.05) is 16.5 Å². The van der Waals surface area contributed by atoms with Gasteiger partial charge in [-0.05, 0) is 19.1 Å². The number of carbonyl (C=O) groups excluding carboxylic acids is 2. The Bertz CT molecular complexity index is 1020. The first kappa shape index (κ1) is 18.2. The van der Waals surface area contributed by atoms with Gasteiger partial charge in [-0.15, -0.1) is 11.3 Å². The molecule has 2 heterocycles. The Balaban J connectivity index is 1.68. The maximum absolute atomic E-state index is 12.2. The molecule has 26 heavy (non-hydrogen) atoms. The molecule has 0 saturated carbocycles. The fraction of sp³-hybridized carbons (Fsp3) is 0.250. The number of fused-ring (bicyclic) bond motifs is 1. The molecule has 0 atom stereocenters. The molecule has 136 valence electrons. The van der Waals surface area contributed by atoms with E-state index < -0.39 is 11.7 Å². The van der Waals surface area contributed by atoms with E-state index in [0.717, 1.165) is 0 Å². The Morgan fingerprint density at radius 3 is 3.00 bits per heavy atom. The molecule has 0 aliphatic rings. The summed E-state index contributed by atoms with van der Waals surface area (Å²) in [5, 5.41) is 5.02. The molecule has 10 heteroatoms. The van der Waals surface area contributed by atoms with Gasteiger partial charge < -0.3 is 14.5 Å². The van der Waals surface area contributed by atoms with Gasteiger partial charge in [0.2, 0.25) is 5.91 Å². The van der Waals surface area contributed by atoms with E-state index in [1.54, 1.807) is 24.4 Å². The monoisotopic (exact) mass is 395 g/mol. The van der Waals surface area contributed by atoms with Crippen LogP contribution < -0.4 is 11.1 Å². The summed E-state index contributed by atoms with van der Waals surface area (Å²) in [7, 11) is 0. The van der Waals surface area contributed by atoms with Crippen molar-refractivity contribution in [2.45, 2.75) is 19.9 Å². The topological polar surface area (TPSA) is 103 Å². The first-order chi connectivity index (χ1) is 12.5. The second-order valence-electron chi connectivity index (χ2n) is 5.24. The fourth-order valence-electron chi connectivity index (χ4n) is 2.30. The van der Waals surface area contributed by atoms with Gasteiger partial charge in [-0.3, -0.25) is 14.2 Å². The molecule has 2 aromatic heterocycles. The molecule has 1 amide bonds. The van der Waals surface area contributed by atoms with Crippen molar-refractivity contribution in [3.8, 4) is 0 Å². The number of thiazole rings is 1. The molecule has 0 unspecified atom stereocenters. The highest BCUT2D eigenvalue weighted by Crippen LogP contribution is 2.19. The van der Waals surface area contributed by atoms with Crippen LogP contribution in [0.25, 0.3) is 11.1 Å². The lowest BCUT2D eigenvalue weighted by atomic mass is 10.3. The molecule has 0 fully saturated rings. The standard InChI is InChI=1S/C16H14ClN3O5S/c1-2-24-14(22)6-10-8-26-15(18-10)19-13(21)7-20-11-4-3-9(17)5-12(11)25-16(20)23/h3-5,8H,2,6-7H2,1H3,(H,18,19,21). The summed E-state index contributed by atoms with van der Waals surface area (Å²) >= 11 is 7.04. The normalized spacial score (nSPS) is 10.8. The Kier molecular flexibility index (Phi) is 5.38. The van der Waals surface area contributed by atoms with Crippen LogP contribution in [0.5, 0.6) is 0 Å². The zero-order valence-electron chi connectivity index (χ0n) is 13.7. The molecule has 0 radical (unpaired) electrons. The molecule has 0 spiro atoms. The van der Waals surface area contributed by atoms with Crippen LogP contribution in [0.3, 0.4) is 0 Å². The molecular formula is C16H14ClN3O5S. The Labute approximate surface area is 156 Å². The smallest absolute Gasteiger partial charge is 0.420 e. The van der Waals surface area contributed by atoms with Crippen molar-refractivity contribution < 1.29 is 18.7 Å². The van der Waals surface area contributed by atoms with Gasteiger partial charge in [0.1, 0.15) is 6.54 Å². The average Bonchev–Trinajstić information content (AvgIpc) is 3.12. The summed E-state index contributed by atoms with van der Waals surface area (Å²) < 4.78 is 11.1. The highest BCUT2D eigenvalue weighted by molar-refractivity contribution is 7.13. The van der Waals surface area contributed by atoms with Crippen molar-refractivity contribution in [3.63, 3.8) is 0 Å². The number of benzene rings is 1. The predicted molar refractivity (Wildman–Crippen MR) is 96.6 cm³/mol. The van der Waals surface area contributed by atoms with E-state index in [1.165, 1.54) is 22.0 Å². The van der Waals surface area contributed by atoms with Gasteiger partial charge in [0.25, 0.3) is 0 Å². The molecule has 0 bridgehead atoms. The number of carbonyl (C=O) groups is 2. The number of nitrogens with zero attached hydrogens (tertiary/aromatic N) is 2. The number of anilines is 1. The zero-order chi connectivity index (χ0) is 18.7. The van der Waals surface area contributed by atoms with Crippen LogP contribution in [0.15, 0.2) is 32.8 Å². The second-order valence-corrected chi connectivity index (χ2v) is 6.53. The molecule has 8 nitrogen and oxygen atoms in total.